The van der Waals surface area contributed by atoms with Gasteiger partial charge in [0.25, 0.3) is 10.0 Å². The Morgan fingerprint density at radius 3 is 2.29 bits per heavy atom. The second-order valence-electron chi connectivity index (χ2n) is 9.94. The summed E-state index contributed by atoms with van der Waals surface area (Å²) in [5, 5.41) is 2.94. The number of carbonyl (C=O) groups excluding carboxylic acids is 2. The summed E-state index contributed by atoms with van der Waals surface area (Å²) < 4.78 is 40.1. The number of methoxy groups -OCH3 is 2. The number of sulfonamides is 1. The molecule has 0 aliphatic carbocycles. The zero-order valence-corrected chi connectivity index (χ0v) is 25.8. The van der Waals surface area contributed by atoms with Crippen molar-refractivity contribution in [2.45, 2.75) is 57.5 Å². The van der Waals surface area contributed by atoms with Crippen molar-refractivity contribution in [3.8, 4) is 11.5 Å². The molecule has 0 saturated heterocycles. The lowest BCUT2D eigenvalue weighted by Crippen LogP contribution is -2.52. The van der Waals surface area contributed by atoms with Crippen molar-refractivity contribution in [1.29, 1.82) is 0 Å². The molecule has 0 aliphatic heterocycles. The third-order valence-electron chi connectivity index (χ3n) is 6.92. The average Bonchev–Trinajstić information content (AvgIpc) is 2.99. The van der Waals surface area contributed by atoms with Crippen LogP contribution in [-0.2, 0) is 26.2 Å². The van der Waals surface area contributed by atoms with Gasteiger partial charge in [-0.2, -0.15) is 0 Å². The van der Waals surface area contributed by atoms with Gasteiger partial charge >= 0.3 is 0 Å². The first kappa shape index (κ1) is 32.5. The first-order valence-corrected chi connectivity index (χ1v) is 15.5. The largest absolute Gasteiger partial charge is 0.497 e. The fourth-order valence-electron chi connectivity index (χ4n) is 4.66. The molecular weight excluding hydrogens is 554 g/mol. The van der Waals surface area contributed by atoms with Crippen LogP contribution in [0.3, 0.4) is 0 Å². The molecule has 0 spiro atoms. The Morgan fingerprint density at radius 1 is 0.929 bits per heavy atom. The molecule has 0 heterocycles. The van der Waals surface area contributed by atoms with Crippen molar-refractivity contribution in [3.05, 3.63) is 83.9 Å². The van der Waals surface area contributed by atoms with Gasteiger partial charge in [-0.05, 0) is 49.6 Å². The van der Waals surface area contributed by atoms with E-state index >= 15 is 0 Å². The Balaban J connectivity index is 2.11. The van der Waals surface area contributed by atoms with Crippen molar-refractivity contribution in [1.82, 2.24) is 10.2 Å². The first-order chi connectivity index (χ1) is 20.2. The highest BCUT2D eigenvalue weighted by Gasteiger charge is 2.35. The van der Waals surface area contributed by atoms with Gasteiger partial charge in [0.2, 0.25) is 11.8 Å². The molecule has 3 aromatic rings. The molecule has 0 radical (unpaired) electrons. The van der Waals surface area contributed by atoms with Crippen molar-refractivity contribution in [2.24, 2.45) is 0 Å². The van der Waals surface area contributed by atoms with E-state index in [1.807, 2.05) is 45.0 Å². The van der Waals surface area contributed by atoms with E-state index in [2.05, 4.69) is 5.32 Å². The molecule has 0 aliphatic rings. The minimum absolute atomic E-state index is 0.0113. The smallest absolute Gasteiger partial charge is 0.264 e. The molecule has 1 N–H and O–H groups in total. The van der Waals surface area contributed by atoms with Gasteiger partial charge in [-0.1, -0.05) is 68.3 Å². The molecule has 3 aromatic carbocycles. The van der Waals surface area contributed by atoms with Crippen LogP contribution in [0.15, 0.2) is 77.7 Å². The van der Waals surface area contributed by atoms with Crippen LogP contribution in [0, 0.1) is 6.92 Å². The minimum atomic E-state index is -4.24. The molecule has 0 aromatic heterocycles. The number of carbonyl (C=O) groups is 2. The van der Waals surface area contributed by atoms with Crippen molar-refractivity contribution in [3.63, 3.8) is 0 Å². The SMILES string of the molecule is CCCCNC(=O)[C@@H](CC)N(Cc1cccc(C)c1)C(=O)CN(c1cc(OC)ccc1OC)S(=O)(=O)c1ccccc1. The first-order valence-electron chi connectivity index (χ1n) is 14.1. The lowest BCUT2D eigenvalue weighted by atomic mass is 10.1. The van der Waals surface area contributed by atoms with Crippen LogP contribution >= 0.6 is 0 Å². The van der Waals surface area contributed by atoms with Gasteiger partial charge < -0.3 is 19.7 Å². The average molecular weight is 596 g/mol. The summed E-state index contributed by atoms with van der Waals surface area (Å²) in [6, 6.07) is 19.5. The molecule has 1 atom stereocenters. The van der Waals surface area contributed by atoms with E-state index in [1.165, 1.54) is 37.3 Å². The van der Waals surface area contributed by atoms with Crippen molar-refractivity contribution in [2.75, 3.05) is 31.6 Å². The second-order valence-corrected chi connectivity index (χ2v) is 11.8. The highest BCUT2D eigenvalue weighted by atomic mass is 32.2. The molecule has 2 amide bonds. The van der Waals surface area contributed by atoms with E-state index in [0.717, 1.165) is 28.3 Å². The maximum absolute atomic E-state index is 14.3. The van der Waals surface area contributed by atoms with Gasteiger partial charge in [0.15, 0.2) is 0 Å². The molecular formula is C32H41N3O6S. The Hall–Kier alpha value is -4.05. The van der Waals surface area contributed by atoms with Crippen LogP contribution in [-0.4, -0.2) is 58.5 Å². The highest BCUT2D eigenvalue weighted by molar-refractivity contribution is 7.92. The van der Waals surface area contributed by atoms with Gasteiger partial charge in [0.1, 0.15) is 24.1 Å². The Bertz CT molecular complexity index is 1450. The van der Waals surface area contributed by atoms with E-state index < -0.39 is 28.5 Å². The normalized spacial score (nSPS) is 11.8. The molecule has 0 fully saturated rings. The predicted octanol–water partition coefficient (Wildman–Crippen LogP) is 4.93. The standard InChI is InChI=1S/C32H41N3O6S/c1-6-8-19-33-32(37)28(7-2)34(22-25-14-12-13-24(3)20-25)31(36)23-35(42(38,39)27-15-10-9-11-16-27)29-21-26(40-4)17-18-30(29)41-5/h9-18,20-21,28H,6-8,19,22-23H2,1-5H3,(H,33,37)/t28-/m1/s1. The molecule has 0 saturated carbocycles. The van der Waals surface area contributed by atoms with Gasteiger partial charge in [-0.15, -0.1) is 0 Å². The van der Waals surface area contributed by atoms with Gasteiger partial charge in [0, 0.05) is 19.2 Å². The zero-order chi connectivity index (χ0) is 30.7. The van der Waals surface area contributed by atoms with Crippen LogP contribution in [0.5, 0.6) is 11.5 Å². The number of unbranched alkanes of at least 4 members (excludes halogenated alkanes) is 1. The summed E-state index contributed by atoms with van der Waals surface area (Å²) in [6.07, 6.45) is 2.08. The van der Waals surface area contributed by atoms with E-state index in [-0.39, 0.29) is 28.8 Å². The molecule has 10 heteroatoms. The molecule has 0 bridgehead atoms. The zero-order valence-electron chi connectivity index (χ0n) is 25.0. The number of nitrogens with zero attached hydrogens (tertiary/aromatic N) is 2. The molecule has 9 nitrogen and oxygen atoms in total. The van der Waals surface area contributed by atoms with Gasteiger partial charge in [0.05, 0.1) is 24.8 Å². The quantitative estimate of drug-likeness (QED) is 0.250. The summed E-state index contributed by atoms with van der Waals surface area (Å²) in [6.45, 7) is 5.89. The monoisotopic (exact) mass is 595 g/mol. The molecule has 0 unspecified atom stereocenters. The fourth-order valence-corrected chi connectivity index (χ4v) is 6.10. The lowest BCUT2D eigenvalue weighted by molar-refractivity contribution is -0.140. The lowest BCUT2D eigenvalue weighted by Gasteiger charge is -2.33. The predicted molar refractivity (Wildman–Crippen MR) is 164 cm³/mol. The van der Waals surface area contributed by atoms with Crippen LogP contribution < -0.4 is 19.1 Å². The van der Waals surface area contributed by atoms with E-state index in [4.69, 9.17) is 9.47 Å². The number of ether oxygens (including phenoxy) is 2. The van der Waals surface area contributed by atoms with Gasteiger partial charge in [-0.25, -0.2) is 8.42 Å². The van der Waals surface area contributed by atoms with Crippen LogP contribution in [0.25, 0.3) is 0 Å². The van der Waals surface area contributed by atoms with Crippen molar-refractivity contribution >= 4 is 27.5 Å². The molecule has 3 rings (SSSR count). The highest BCUT2D eigenvalue weighted by Crippen LogP contribution is 2.36. The molecule has 226 valence electrons. The van der Waals surface area contributed by atoms with Crippen LogP contribution in [0.2, 0.25) is 0 Å². The Labute approximate surface area is 249 Å². The maximum atomic E-state index is 14.3. The topological polar surface area (TPSA) is 105 Å². The fraction of sp³-hybridized carbons (Fsp3) is 0.375. The number of nitrogens with one attached hydrogen (secondary N) is 1. The van der Waals surface area contributed by atoms with Gasteiger partial charge in [-0.3, -0.25) is 13.9 Å². The van der Waals surface area contributed by atoms with Crippen LogP contribution in [0.4, 0.5) is 5.69 Å². The maximum Gasteiger partial charge on any atom is 0.264 e. The Kier molecular flexibility index (Phi) is 11.8. The third kappa shape index (κ3) is 8.03. The number of amides is 2. The number of benzene rings is 3. The third-order valence-corrected chi connectivity index (χ3v) is 8.69. The van der Waals surface area contributed by atoms with E-state index in [9.17, 15) is 18.0 Å². The summed E-state index contributed by atoms with van der Waals surface area (Å²) in [7, 11) is -1.34. The number of aryl methyl sites for hydroxylation is 1. The van der Waals surface area contributed by atoms with Crippen LogP contribution in [0.1, 0.15) is 44.2 Å². The summed E-state index contributed by atoms with van der Waals surface area (Å²) in [5.41, 5.74) is 1.99. The summed E-state index contributed by atoms with van der Waals surface area (Å²) in [5.74, 6) is -0.163. The minimum Gasteiger partial charge on any atom is -0.497 e. The van der Waals surface area contributed by atoms with E-state index in [1.54, 1.807) is 30.3 Å². The number of hydrogen-bond donors (Lipinski definition) is 1. The number of anilines is 1. The number of rotatable bonds is 15. The van der Waals surface area contributed by atoms with Crippen molar-refractivity contribution < 1.29 is 27.5 Å². The summed E-state index contributed by atoms with van der Waals surface area (Å²) >= 11 is 0. The van der Waals surface area contributed by atoms with E-state index in [0.29, 0.717) is 18.7 Å². The summed E-state index contributed by atoms with van der Waals surface area (Å²) in [4.78, 5) is 29.1. The Morgan fingerprint density at radius 2 is 1.67 bits per heavy atom. The second kappa shape index (κ2) is 15.3. The molecule has 42 heavy (non-hydrogen) atoms. The number of hydrogen-bond acceptors (Lipinski definition) is 6.